The number of aliphatic carboxylic acids is 1. The summed E-state index contributed by atoms with van der Waals surface area (Å²) in [6, 6.07) is 5.85. The second kappa shape index (κ2) is 5.06. The molecule has 5 heteroatoms. The minimum Gasteiger partial charge on any atom is -0.496 e. The molecule has 1 aliphatic heterocycles. The highest BCUT2D eigenvalue weighted by atomic mass is 79.9. The first-order valence-corrected chi connectivity index (χ1v) is 6.17. The molecule has 4 nitrogen and oxygen atoms in total. The van der Waals surface area contributed by atoms with E-state index in [1.807, 2.05) is 18.2 Å². The summed E-state index contributed by atoms with van der Waals surface area (Å²) in [4.78, 5) is 12.8. The lowest BCUT2D eigenvalue weighted by atomic mass is 9.99. The van der Waals surface area contributed by atoms with Gasteiger partial charge in [-0.05, 0) is 18.2 Å². The van der Waals surface area contributed by atoms with Crippen molar-refractivity contribution in [2.45, 2.75) is 6.54 Å². The summed E-state index contributed by atoms with van der Waals surface area (Å²) in [6.45, 7) is 1.96. The quantitative estimate of drug-likeness (QED) is 0.923. The van der Waals surface area contributed by atoms with Gasteiger partial charge in [-0.15, -0.1) is 0 Å². The lowest BCUT2D eigenvalue weighted by Gasteiger charge is -2.36. The van der Waals surface area contributed by atoms with Crippen LogP contribution < -0.4 is 4.74 Å². The molecule has 17 heavy (non-hydrogen) atoms. The Bertz CT molecular complexity index is 430. The molecular formula is C12H14BrNO3. The molecule has 2 rings (SSSR count). The first-order valence-electron chi connectivity index (χ1n) is 5.37. The van der Waals surface area contributed by atoms with E-state index in [1.54, 1.807) is 7.11 Å². The van der Waals surface area contributed by atoms with Gasteiger partial charge in [-0.25, -0.2) is 0 Å². The normalized spacial score (nSPS) is 16.6. The standard InChI is InChI=1S/C12H14BrNO3/c1-17-11-3-2-10(13)4-8(11)5-14-6-9(7-14)12(15)16/h2-4,9H,5-7H2,1H3,(H,15,16). The second-order valence-corrected chi connectivity index (χ2v) is 5.10. The van der Waals surface area contributed by atoms with E-state index in [0.29, 0.717) is 13.1 Å². The monoisotopic (exact) mass is 299 g/mol. The summed E-state index contributed by atoms with van der Waals surface area (Å²) < 4.78 is 6.28. The van der Waals surface area contributed by atoms with Gasteiger partial charge in [0.15, 0.2) is 0 Å². The van der Waals surface area contributed by atoms with Gasteiger partial charge in [0.05, 0.1) is 13.0 Å². The largest absolute Gasteiger partial charge is 0.496 e. The zero-order valence-electron chi connectivity index (χ0n) is 9.52. The van der Waals surface area contributed by atoms with Crippen molar-refractivity contribution < 1.29 is 14.6 Å². The number of likely N-dealkylation sites (tertiary alicyclic amines) is 1. The highest BCUT2D eigenvalue weighted by molar-refractivity contribution is 9.10. The summed E-state index contributed by atoms with van der Waals surface area (Å²) >= 11 is 3.42. The average Bonchev–Trinajstić information content (AvgIpc) is 2.22. The molecule has 0 aromatic heterocycles. The second-order valence-electron chi connectivity index (χ2n) is 4.19. The highest BCUT2D eigenvalue weighted by Gasteiger charge is 2.32. The predicted molar refractivity (Wildman–Crippen MR) is 67.1 cm³/mol. The molecule has 1 aliphatic rings. The average molecular weight is 300 g/mol. The summed E-state index contributed by atoms with van der Waals surface area (Å²) in [6.07, 6.45) is 0. The molecule has 0 aliphatic carbocycles. The number of ether oxygens (including phenoxy) is 1. The number of hydrogen-bond donors (Lipinski definition) is 1. The minimum absolute atomic E-state index is 0.215. The van der Waals surface area contributed by atoms with Crippen molar-refractivity contribution in [1.82, 2.24) is 4.90 Å². The Morgan fingerprint density at radius 1 is 1.59 bits per heavy atom. The van der Waals surface area contributed by atoms with Gasteiger partial charge >= 0.3 is 5.97 Å². The van der Waals surface area contributed by atoms with Crippen LogP contribution >= 0.6 is 15.9 Å². The summed E-state index contributed by atoms with van der Waals surface area (Å²) in [5.41, 5.74) is 1.07. The van der Waals surface area contributed by atoms with E-state index in [0.717, 1.165) is 22.3 Å². The van der Waals surface area contributed by atoms with Crippen LogP contribution in [0, 0.1) is 5.92 Å². The third-order valence-electron chi connectivity index (χ3n) is 2.94. The van der Waals surface area contributed by atoms with Crippen LogP contribution in [0.5, 0.6) is 5.75 Å². The molecule has 1 saturated heterocycles. The van der Waals surface area contributed by atoms with E-state index in [4.69, 9.17) is 9.84 Å². The summed E-state index contributed by atoms with van der Waals surface area (Å²) in [5, 5.41) is 8.80. The number of carboxylic acid groups (broad SMARTS) is 1. The van der Waals surface area contributed by atoms with Gasteiger partial charge in [0.25, 0.3) is 0 Å². The Kier molecular flexibility index (Phi) is 3.69. The van der Waals surface area contributed by atoms with E-state index in [1.165, 1.54) is 0 Å². The lowest BCUT2D eigenvalue weighted by Crippen LogP contribution is -2.49. The molecule has 92 valence electrons. The molecule has 0 spiro atoms. The van der Waals surface area contributed by atoms with Gasteiger partial charge in [-0.1, -0.05) is 15.9 Å². The van der Waals surface area contributed by atoms with E-state index in [9.17, 15) is 4.79 Å². The van der Waals surface area contributed by atoms with Crippen molar-refractivity contribution in [3.63, 3.8) is 0 Å². The number of hydrogen-bond acceptors (Lipinski definition) is 3. The van der Waals surface area contributed by atoms with E-state index >= 15 is 0 Å². The topological polar surface area (TPSA) is 49.8 Å². The Labute approximate surface area is 108 Å². The van der Waals surface area contributed by atoms with Crippen LogP contribution in [0.25, 0.3) is 0 Å². The maximum Gasteiger partial charge on any atom is 0.309 e. The van der Waals surface area contributed by atoms with Gasteiger partial charge in [-0.2, -0.15) is 0 Å². The van der Waals surface area contributed by atoms with Crippen LogP contribution in [-0.4, -0.2) is 36.2 Å². The molecule has 1 heterocycles. The zero-order valence-corrected chi connectivity index (χ0v) is 11.1. The van der Waals surface area contributed by atoms with Gasteiger partial charge in [-0.3, -0.25) is 9.69 Å². The van der Waals surface area contributed by atoms with Gasteiger partial charge in [0, 0.05) is 29.7 Å². The molecule has 0 saturated carbocycles. The number of methoxy groups -OCH3 is 1. The molecule has 0 bridgehead atoms. The minimum atomic E-state index is -0.706. The molecule has 1 fully saturated rings. The molecular weight excluding hydrogens is 286 g/mol. The third-order valence-corrected chi connectivity index (χ3v) is 3.44. The molecule has 1 aromatic rings. The van der Waals surface area contributed by atoms with Gasteiger partial charge in [0.1, 0.15) is 5.75 Å². The summed E-state index contributed by atoms with van der Waals surface area (Å²) in [7, 11) is 1.64. The number of nitrogens with zero attached hydrogens (tertiary/aromatic N) is 1. The fraction of sp³-hybridized carbons (Fsp3) is 0.417. The van der Waals surface area contributed by atoms with E-state index in [2.05, 4.69) is 20.8 Å². The van der Waals surface area contributed by atoms with E-state index < -0.39 is 5.97 Å². The molecule has 1 N–H and O–H groups in total. The number of rotatable bonds is 4. The molecule has 0 amide bonds. The molecule has 0 unspecified atom stereocenters. The van der Waals surface area contributed by atoms with Crippen LogP contribution in [0.2, 0.25) is 0 Å². The van der Waals surface area contributed by atoms with Crippen molar-refractivity contribution in [2.24, 2.45) is 5.92 Å². The number of carboxylic acids is 1. The Morgan fingerprint density at radius 3 is 2.88 bits per heavy atom. The lowest BCUT2D eigenvalue weighted by molar-refractivity contribution is -0.147. The van der Waals surface area contributed by atoms with Crippen LogP contribution in [0.3, 0.4) is 0 Å². The maximum absolute atomic E-state index is 10.7. The predicted octanol–water partition coefficient (Wildman–Crippen LogP) is 1.97. The Balaban J connectivity index is 2.00. The smallest absolute Gasteiger partial charge is 0.309 e. The Hall–Kier alpha value is -1.07. The SMILES string of the molecule is COc1ccc(Br)cc1CN1CC(C(=O)O)C1. The van der Waals surface area contributed by atoms with Gasteiger partial charge < -0.3 is 9.84 Å². The van der Waals surface area contributed by atoms with Crippen molar-refractivity contribution in [1.29, 1.82) is 0 Å². The van der Waals surface area contributed by atoms with Crippen molar-refractivity contribution in [3.05, 3.63) is 28.2 Å². The molecule has 0 radical (unpaired) electrons. The van der Waals surface area contributed by atoms with Crippen LogP contribution in [0.1, 0.15) is 5.56 Å². The van der Waals surface area contributed by atoms with Crippen LogP contribution in [0.15, 0.2) is 22.7 Å². The fourth-order valence-electron chi connectivity index (χ4n) is 1.97. The fourth-order valence-corrected chi connectivity index (χ4v) is 2.38. The molecule has 0 atom stereocenters. The van der Waals surface area contributed by atoms with Gasteiger partial charge in [0.2, 0.25) is 0 Å². The van der Waals surface area contributed by atoms with Crippen molar-refractivity contribution in [3.8, 4) is 5.75 Å². The Morgan fingerprint density at radius 2 is 2.29 bits per heavy atom. The number of benzene rings is 1. The molecule has 1 aromatic carbocycles. The van der Waals surface area contributed by atoms with E-state index in [-0.39, 0.29) is 5.92 Å². The first kappa shape index (κ1) is 12.4. The van der Waals surface area contributed by atoms with Crippen molar-refractivity contribution in [2.75, 3.05) is 20.2 Å². The first-order chi connectivity index (χ1) is 8.10. The number of carbonyl (C=O) groups is 1. The number of halogens is 1. The van der Waals surface area contributed by atoms with Crippen LogP contribution in [0.4, 0.5) is 0 Å². The van der Waals surface area contributed by atoms with Crippen LogP contribution in [-0.2, 0) is 11.3 Å². The maximum atomic E-state index is 10.7. The highest BCUT2D eigenvalue weighted by Crippen LogP contribution is 2.27. The third kappa shape index (κ3) is 2.79. The summed E-state index contributed by atoms with van der Waals surface area (Å²) in [5.74, 6) is -0.0809. The zero-order chi connectivity index (χ0) is 12.4. The van der Waals surface area contributed by atoms with Crippen molar-refractivity contribution >= 4 is 21.9 Å².